The van der Waals surface area contributed by atoms with Crippen molar-refractivity contribution in [2.75, 3.05) is 0 Å². The van der Waals surface area contributed by atoms with Crippen LogP contribution in [0.25, 0.3) is 0 Å². The number of carbonyl (C=O) groups excluding carboxylic acids is 2. The molecule has 0 radical (unpaired) electrons. The van der Waals surface area contributed by atoms with Crippen LogP contribution in [0.4, 0.5) is 0 Å². The van der Waals surface area contributed by atoms with Gasteiger partial charge in [0.25, 0.3) is 0 Å². The van der Waals surface area contributed by atoms with Gasteiger partial charge in [0.05, 0.1) is 12.1 Å². The van der Waals surface area contributed by atoms with Crippen molar-refractivity contribution in [3.05, 3.63) is 0 Å². The van der Waals surface area contributed by atoms with E-state index in [2.05, 4.69) is 23.8 Å². The van der Waals surface area contributed by atoms with E-state index in [0.717, 1.165) is 38.5 Å². The van der Waals surface area contributed by atoms with Crippen LogP contribution < -0.4 is 0 Å². The summed E-state index contributed by atoms with van der Waals surface area (Å²) in [4.78, 5) is 28.9. The molecule has 0 heterocycles. The molecule has 2 aliphatic rings. The zero-order valence-corrected chi connectivity index (χ0v) is 13.2. The van der Waals surface area contributed by atoms with Crippen LogP contribution in [-0.2, 0) is 9.59 Å². The first-order valence-corrected chi connectivity index (χ1v) is 8.22. The quantitative estimate of drug-likeness (QED) is 0.584. The number of nitrogens with zero attached hydrogens (tertiary/aromatic N) is 2. The molecule has 4 atom stereocenters. The zero-order chi connectivity index (χ0) is 15.3. The minimum absolute atomic E-state index is 0.160. The fourth-order valence-electron chi connectivity index (χ4n) is 4.40. The fraction of sp³-hybridized carbons (Fsp3) is 0.882. The second-order valence-corrected chi connectivity index (χ2v) is 7.30. The molecule has 0 amide bonds. The van der Waals surface area contributed by atoms with Crippen molar-refractivity contribution in [1.29, 1.82) is 0 Å². The molecule has 2 rings (SSSR count). The lowest BCUT2D eigenvalue weighted by Gasteiger charge is -2.46. The average Bonchev–Trinajstić information content (AvgIpc) is 2.48. The number of isocyanates is 2. The van der Waals surface area contributed by atoms with Crippen molar-refractivity contribution in [3.8, 4) is 0 Å². The summed E-state index contributed by atoms with van der Waals surface area (Å²) in [6.45, 7) is 4.70. The Kier molecular flexibility index (Phi) is 5.50. The Morgan fingerprint density at radius 3 is 1.62 bits per heavy atom. The lowest BCUT2D eigenvalue weighted by atomic mass is 9.60. The van der Waals surface area contributed by atoms with Crippen LogP contribution in [0, 0.1) is 17.3 Å². The van der Waals surface area contributed by atoms with E-state index in [1.54, 1.807) is 12.2 Å². The summed E-state index contributed by atoms with van der Waals surface area (Å²) in [5.74, 6) is 1.19. The van der Waals surface area contributed by atoms with Gasteiger partial charge < -0.3 is 0 Å². The third-order valence-electron chi connectivity index (χ3n) is 5.87. The fourth-order valence-corrected chi connectivity index (χ4v) is 4.40. The molecule has 0 aromatic heterocycles. The molecule has 4 nitrogen and oxygen atoms in total. The largest absolute Gasteiger partial charge is 0.235 e. The van der Waals surface area contributed by atoms with Gasteiger partial charge in [0.1, 0.15) is 0 Å². The van der Waals surface area contributed by atoms with Crippen molar-refractivity contribution >= 4 is 12.2 Å². The highest BCUT2D eigenvalue weighted by Gasteiger charge is 2.41. The molecule has 0 saturated heterocycles. The Bertz CT molecular complexity index is 408. The standard InChI is InChI=1S/C17H26N2O2/c1-17(2,13-5-3-7-15(9-13)18-11-20)14-6-4-8-16(10-14)19-12-21/h13-16H,3-10H2,1-2H3. The molecule has 4 heteroatoms. The summed E-state index contributed by atoms with van der Waals surface area (Å²) >= 11 is 0. The molecule has 2 aliphatic carbocycles. The van der Waals surface area contributed by atoms with E-state index in [4.69, 9.17) is 0 Å². The number of aliphatic imine (C=N–C) groups is 2. The van der Waals surface area contributed by atoms with E-state index >= 15 is 0 Å². The molecule has 0 aromatic rings. The summed E-state index contributed by atoms with van der Waals surface area (Å²) in [6, 6.07) is 0.320. The van der Waals surface area contributed by atoms with Crippen molar-refractivity contribution in [2.24, 2.45) is 27.2 Å². The van der Waals surface area contributed by atoms with Gasteiger partial charge in [-0.1, -0.05) is 26.7 Å². The number of hydrogen-bond donors (Lipinski definition) is 0. The topological polar surface area (TPSA) is 58.9 Å². The molecule has 0 aromatic carbocycles. The molecular weight excluding hydrogens is 264 g/mol. The SMILES string of the molecule is CC(C)(C1CCCC(N=C=O)C1)C1CCCC(N=C=O)C1. The summed E-state index contributed by atoms with van der Waals surface area (Å²) in [7, 11) is 0. The summed E-state index contributed by atoms with van der Waals surface area (Å²) < 4.78 is 0. The molecule has 0 N–H and O–H groups in total. The third-order valence-corrected chi connectivity index (χ3v) is 5.87. The molecule has 2 fully saturated rings. The van der Waals surface area contributed by atoms with Gasteiger partial charge in [0.2, 0.25) is 12.2 Å². The van der Waals surface area contributed by atoms with Crippen molar-refractivity contribution in [2.45, 2.75) is 77.3 Å². The predicted octanol–water partition coefficient (Wildman–Crippen LogP) is 3.80. The maximum atomic E-state index is 10.5. The minimum Gasteiger partial charge on any atom is -0.211 e. The monoisotopic (exact) mass is 290 g/mol. The van der Waals surface area contributed by atoms with Gasteiger partial charge in [-0.05, 0) is 55.8 Å². The maximum absolute atomic E-state index is 10.5. The highest BCUT2D eigenvalue weighted by molar-refractivity contribution is 5.34. The molecule has 0 spiro atoms. The molecular formula is C17H26N2O2. The summed E-state index contributed by atoms with van der Waals surface area (Å²) in [6.07, 6.45) is 12.2. The maximum Gasteiger partial charge on any atom is 0.235 e. The average molecular weight is 290 g/mol. The Balaban J connectivity index is 2.05. The van der Waals surface area contributed by atoms with E-state index in [9.17, 15) is 9.59 Å². The zero-order valence-electron chi connectivity index (χ0n) is 13.2. The van der Waals surface area contributed by atoms with Crippen molar-refractivity contribution in [1.82, 2.24) is 0 Å². The van der Waals surface area contributed by atoms with Gasteiger partial charge in [-0.3, -0.25) is 0 Å². The second kappa shape index (κ2) is 7.15. The van der Waals surface area contributed by atoms with Gasteiger partial charge in [-0.2, -0.15) is 0 Å². The Morgan fingerprint density at radius 1 is 0.810 bits per heavy atom. The van der Waals surface area contributed by atoms with Crippen LogP contribution in [0.15, 0.2) is 9.98 Å². The number of hydrogen-bond acceptors (Lipinski definition) is 4. The summed E-state index contributed by atoms with van der Waals surface area (Å²) in [5.41, 5.74) is 0.216. The van der Waals surface area contributed by atoms with Gasteiger partial charge in [-0.15, -0.1) is 0 Å². The minimum atomic E-state index is 0.160. The number of rotatable bonds is 4. The lowest BCUT2D eigenvalue weighted by Crippen LogP contribution is -2.39. The molecule has 4 unspecified atom stereocenters. The van der Waals surface area contributed by atoms with Gasteiger partial charge in [-0.25, -0.2) is 19.6 Å². The van der Waals surface area contributed by atoms with Crippen LogP contribution in [-0.4, -0.2) is 24.2 Å². The highest BCUT2D eigenvalue weighted by Crippen LogP contribution is 2.48. The third kappa shape index (κ3) is 3.90. The van der Waals surface area contributed by atoms with Crippen molar-refractivity contribution < 1.29 is 9.59 Å². The smallest absolute Gasteiger partial charge is 0.211 e. The molecule has 2 saturated carbocycles. The van der Waals surface area contributed by atoms with Crippen LogP contribution in [0.3, 0.4) is 0 Å². The van der Waals surface area contributed by atoms with E-state index in [1.807, 2.05) is 0 Å². The van der Waals surface area contributed by atoms with Crippen LogP contribution in [0.2, 0.25) is 0 Å². The van der Waals surface area contributed by atoms with Crippen LogP contribution in [0.1, 0.15) is 65.2 Å². The van der Waals surface area contributed by atoms with Gasteiger partial charge in [0, 0.05) is 0 Å². The van der Waals surface area contributed by atoms with Gasteiger partial charge in [0.15, 0.2) is 0 Å². The van der Waals surface area contributed by atoms with E-state index in [0.29, 0.717) is 11.8 Å². The Morgan fingerprint density at radius 2 is 1.24 bits per heavy atom. The van der Waals surface area contributed by atoms with Crippen LogP contribution in [0.5, 0.6) is 0 Å². The Labute approximate surface area is 127 Å². The van der Waals surface area contributed by atoms with Gasteiger partial charge >= 0.3 is 0 Å². The predicted molar refractivity (Wildman–Crippen MR) is 81.5 cm³/mol. The van der Waals surface area contributed by atoms with E-state index in [-0.39, 0.29) is 17.5 Å². The molecule has 116 valence electrons. The van der Waals surface area contributed by atoms with Crippen LogP contribution >= 0.6 is 0 Å². The highest BCUT2D eigenvalue weighted by atomic mass is 16.1. The molecule has 0 bridgehead atoms. The normalized spacial score (nSPS) is 33.6. The second-order valence-electron chi connectivity index (χ2n) is 7.30. The summed E-state index contributed by atoms with van der Waals surface area (Å²) in [5, 5.41) is 0. The van der Waals surface area contributed by atoms with E-state index in [1.165, 1.54) is 12.8 Å². The Hall–Kier alpha value is -1.24. The molecule has 0 aliphatic heterocycles. The molecule has 21 heavy (non-hydrogen) atoms. The van der Waals surface area contributed by atoms with E-state index < -0.39 is 0 Å². The first-order chi connectivity index (χ1) is 10.1. The lowest BCUT2D eigenvalue weighted by molar-refractivity contribution is 0.0496. The first-order valence-electron chi connectivity index (χ1n) is 8.22. The first kappa shape index (κ1) is 16.1. The van der Waals surface area contributed by atoms with Crippen molar-refractivity contribution in [3.63, 3.8) is 0 Å².